The fourth-order valence-corrected chi connectivity index (χ4v) is 2.96. The van der Waals surface area contributed by atoms with Gasteiger partial charge >= 0.3 is 6.09 Å². The molecule has 5 nitrogen and oxygen atoms in total. The standard InChI is InChI=1S/C17H33NO4Si/c1-16(2,3)22-15(20)18-11-14(19)10-9-13(18)12-21-23(7,8)17(4,5)6/h9-10,13-14,19H,11-12H2,1-8H3. The number of hydrogen-bond donors (Lipinski definition) is 1. The summed E-state index contributed by atoms with van der Waals surface area (Å²) in [7, 11) is -1.89. The van der Waals surface area contributed by atoms with Crippen molar-refractivity contribution in [1.29, 1.82) is 0 Å². The first kappa shape index (κ1) is 20.2. The third kappa shape index (κ3) is 5.93. The smallest absolute Gasteiger partial charge is 0.410 e. The second-order valence-electron chi connectivity index (χ2n) is 8.72. The van der Waals surface area contributed by atoms with Crippen LogP contribution in [-0.2, 0) is 9.16 Å². The van der Waals surface area contributed by atoms with Crippen molar-refractivity contribution in [2.45, 2.75) is 77.4 Å². The molecule has 1 aliphatic rings. The first-order valence-electron chi connectivity index (χ1n) is 8.23. The summed E-state index contributed by atoms with van der Waals surface area (Å²) in [5.74, 6) is 0. The average Bonchev–Trinajstić information content (AvgIpc) is 2.33. The SMILES string of the molecule is CC(C)(C)OC(=O)N1CC(O)C=CC1CO[Si](C)(C)C(C)(C)C. The molecule has 6 heteroatoms. The molecule has 0 fully saturated rings. The number of carbonyl (C=O) groups excluding carboxylic acids is 1. The maximum absolute atomic E-state index is 12.4. The molecule has 0 spiro atoms. The highest BCUT2D eigenvalue weighted by molar-refractivity contribution is 6.74. The van der Waals surface area contributed by atoms with Gasteiger partial charge in [0.2, 0.25) is 0 Å². The molecule has 0 radical (unpaired) electrons. The van der Waals surface area contributed by atoms with E-state index < -0.39 is 26.1 Å². The van der Waals surface area contributed by atoms with Gasteiger partial charge in [-0.15, -0.1) is 0 Å². The lowest BCUT2D eigenvalue weighted by atomic mass is 10.1. The average molecular weight is 344 g/mol. The number of β-amino-alcohol motifs (C(OH)–C–C–N with tert-alkyl or cyclic N) is 1. The van der Waals surface area contributed by atoms with Crippen LogP contribution in [0.1, 0.15) is 41.5 Å². The molecular weight excluding hydrogens is 310 g/mol. The molecule has 1 N–H and O–H groups in total. The molecule has 0 saturated heterocycles. The Morgan fingerprint density at radius 2 is 1.78 bits per heavy atom. The normalized spacial score (nSPS) is 23.1. The van der Waals surface area contributed by atoms with Gasteiger partial charge in [0.25, 0.3) is 0 Å². The molecule has 134 valence electrons. The molecule has 1 heterocycles. The van der Waals surface area contributed by atoms with Crippen molar-refractivity contribution in [3.63, 3.8) is 0 Å². The van der Waals surface area contributed by atoms with Gasteiger partial charge in [-0.25, -0.2) is 4.79 Å². The Morgan fingerprint density at radius 3 is 2.26 bits per heavy atom. The molecular formula is C17H33NO4Si. The van der Waals surface area contributed by atoms with E-state index in [9.17, 15) is 9.90 Å². The molecule has 23 heavy (non-hydrogen) atoms. The lowest BCUT2D eigenvalue weighted by Gasteiger charge is -2.40. The van der Waals surface area contributed by atoms with Gasteiger partial charge in [0, 0.05) is 0 Å². The molecule has 0 aliphatic carbocycles. The molecule has 1 rings (SSSR count). The Bertz CT molecular complexity index is 448. The summed E-state index contributed by atoms with van der Waals surface area (Å²) >= 11 is 0. The van der Waals surface area contributed by atoms with E-state index in [-0.39, 0.29) is 17.6 Å². The summed E-state index contributed by atoms with van der Waals surface area (Å²) in [5, 5.41) is 9.95. The maximum Gasteiger partial charge on any atom is 0.410 e. The van der Waals surface area contributed by atoms with Crippen molar-refractivity contribution in [3.05, 3.63) is 12.2 Å². The minimum Gasteiger partial charge on any atom is -0.444 e. The van der Waals surface area contributed by atoms with Gasteiger partial charge in [0.15, 0.2) is 8.32 Å². The van der Waals surface area contributed by atoms with Crippen molar-refractivity contribution in [1.82, 2.24) is 4.90 Å². The number of amides is 1. The van der Waals surface area contributed by atoms with E-state index >= 15 is 0 Å². The van der Waals surface area contributed by atoms with E-state index in [0.29, 0.717) is 6.61 Å². The first-order chi connectivity index (χ1) is 10.2. The number of rotatable bonds is 3. The fourth-order valence-electron chi connectivity index (χ4n) is 1.94. The third-order valence-corrected chi connectivity index (χ3v) is 8.89. The fraction of sp³-hybridized carbons (Fsp3) is 0.824. The summed E-state index contributed by atoms with van der Waals surface area (Å²) in [6.07, 6.45) is 2.49. The minimum absolute atomic E-state index is 0.113. The highest BCUT2D eigenvalue weighted by atomic mass is 28.4. The van der Waals surface area contributed by atoms with Gasteiger partial charge in [0.05, 0.1) is 25.3 Å². The summed E-state index contributed by atoms with van der Waals surface area (Å²) in [4.78, 5) is 14.0. The first-order valence-corrected chi connectivity index (χ1v) is 11.1. The van der Waals surface area contributed by atoms with Crippen molar-refractivity contribution in [2.24, 2.45) is 0 Å². The highest BCUT2D eigenvalue weighted by Crippen LogP contribution is 2.36. The molecule has 1 aliphatic heterocycles. The number of hydrogen-bond acceptors (Lipinski definition) is 4. The number of aliphatic hydroxyl groups excluding tert-OH is 1. The van der Waals surface area contributed by atoms with E-state index in [2.05, 4.69) is 33.9 Å². The van der Waals surface area contributed by atoms with Crippen LogP contribution in [0.15, 0.2) is 12.2 Å². The zero-order valence-electron chi connectivity index (χ0n) is 15.8. The van der Waals surface area contributed by atoms with E-state index in [1.165, 1.54) is 0 Å². The predicted octanol–water partition coefficient (Wildman–Crippen LogP) is 3.54. The molecule has 0 aromatic heterocycles. The molecule has 1 amide bonds. The van der Waals surface area contributed by atoms with Crippen molar-refractivity contribution in [2.75, 3.05) is 13.2 Å². The Hall–Kier alpha value is -0.853. The lowest BCUT2D eigenvalue weighted by molar-refractivity contribution is 0.00431. The van der Waals surface area contributed by atoms with Crippen LogP contribution in [0.3, 0.4) is 0 Å². The van der Waals surface area contributed by atoms with E-state index in [1.54, 1.807) is 11.0 Å². The molecule has 0 saturated carbocycles. The monoisotopic (exact) mass is 343 g/mol. The van der Waals surface area contributed by atoms with E-state index in [0.717, 1.165) is 0 Å². The van der Waals surface area contributed by atoms with Crippen LogP contribution in [0, 0.1) is 0 Å². The molecule has 0 aromatic rings. The number of nitrogens with zero attached hydrogens (tertiary/aromatic N) is 1. The third-order valence-electron chi connectivity index (χ3n) is 4.39. The summed E-state index contributed by atoms with van der Waals surface area (Å²) in [6, 6.07) is -0.206. The Labute approximate surface area is 141 Å². The van der Waals surface area contributed by atoms with Crippen molar-refractivity contribution >= 4 is 14.4 Å². The zero-order chi connectivity index (χ0) is 18.1. The van der Waals surface area contributed by atoms with Crippen molar-refractivity contribution in [3.8, 4) is 0 Å². The zero-order valence-corrected chi connectivity index (χ0v) is 16.8. The minimum atomic E-state index is -1.89. The molecule has 0 bridgehead atoms. The van der Waals surface area contributed by atoms with E-state index in [1.807, 2.05) is 26.8 Å². The lowest BCUT2D eigenvalue weighted by Crippen LogP contribution is -2.52. The van der Waals surface area contributed by atoms with Gasteiger partial charge in [0.1, 0.15) is 5.60 Å². The quantitative estimate of drug-likeness (QED) is 0.629. The Balaban J connectivity index is 2.81. The van der Waals surface area contributed by atoms with Crippen LogP contribution in [0.5, 0.6) is 0 Å². The van der Waals surface area contributed by atoms with Gasteiger partial charge in [-0.05, 0) is 38.9 Å². The summed E-state index contributed by atoms with van der Waals surface area (Å²) in [5.41, 5.74) is -0.561. The number of aliphatic hydroxyl groups is 1. The van der Waals surface area contributed by atoms with Gasteiger partial charge in [-0.3, -0.25) is 4.90 Å². The van der Waals surface area contributed by atoms with Crippen LogP contribution in [0.4, 0.5) is 4.79 Å². The van der Waals surface area contributed by atoms with Crippen LogP contribution < -0.4 is 0 Å². The van der Waals surface area contributed by atoms with Gasteiger partial charge < -0.3 is 14.3 Å². The number of ether oxygens (including phenoxy) is 1. The van der Waals surface area contributed by atoms with Crippen LogP contribution >= 0.6 is 0 Å². The molecule has 2 unspecified atom stereocenters. The topological polar surface area (TPSA) is 59.0 Å². The Morgan fingerprint density at radius 1 is 1.22 bits per heavy atom. The summed E-state index contributed by atoms with van der Waals surface area (Å²) in [6.45, 7) is 17.1. The largest absolute Gasteiger partial charge is 0.444 e. The summed E-state index contributed by atoms with van der Waals surface area (Å²) < 4.78 is 11.7. The second kappa shape index (κ2) is 6.95. The second-order valence-corrected chi connectivity index (χ2v) is 13.5. The predicted molar refractivity (Wildman–Crippen MR) is 95.0 cm³/mol. The van der Waals surface area contributed by atoms with Crippen LogP contribution in [0.2, 0.25) is 18.1 Å². The van der Waals surface area contributed by atoms with Crippen LogP contribution in [-0.4, -0.2) is 55.3 Å². The molecule has 2 atom stereocenters. The van der Waals surface area contributed by atoms with Gasteiger partial charge in [-0.1, -0.05) is 32.9 Å². The van der Waals surface area contributed by atoms with Crippen LogP contribution in [0.25, 0.3) is 0 Å². The molecule has 0 aromatic carbocycles. The van der Waals surface area contributed by atoms with Gasteiger partial charge in [-0.2, -0.15) is 0 Å². The van der Waals surface area contributed by atoms with Crippen molar-refractivity contribution < 1.29 is 19.1 Å². The number of carbonyl (C=O) groups is 1. The Kier molecular flexibility index (Phi) is 6.10. The highest BCUT2D eigenvalue weighted by Gasteiger charge is 2.39. The maximum atomic E-state index is 12.4. The van der Waals surface area contributed by atoms with E-state index in [4.69, 9.17) is 9.16 Å².